The van der Waals surface area contributed by atoms with Crippen molar-refractivity contribution in [2.45, 2.75) is 4.90 Å². The summed E-state index contributed by atoms with van der Waals surface area (Å²) in [5.41, 5.74) is 0.522. The van der Waals surface area contributed by atoms with Gasteiger partial charge in [0.15, 0.2) is 0 Å². The summed E-state index contributed by atoms with van der Waals surface area (Å²) >= 11 is 1.58. The second-order valence-electron chi connectivity index (χ2n) is 3.86. The summed E-state index contributed by atoms with van der Waals surface area (Å²) in [6.45, 7) is 3.67. The molecule has 2 rings (SSSR count). The number of rotatable bonds is 5. The van der Waals surface area contributed by atoms with Crippen LogP contribution in [-0.2, 0) is 0 Å². The van der Waals surface area contributed by atoms with Crippen LogP contribution >= 0.6 is 11.8 Å². The van der Waals surface area contributed by atoms with Crippen LogP contribution < -0.4 is 10.9 Å². The maximum absolute atomic E-state index is 12.0. The molecular formula is C14H13N3O2S. The Labute approximate surface area is 120 Å². The van der Waals surface area contributed by atoms with E-state index in [1.165, 1.54) is 12.1 Å². The van der Waals surface area contributed by atoms with E-state index in [9.17, 15) is 9.59 Å². The largest absolute Gasteiger partial charge is 0.320 e. The average Bonchev–Trinajstić information content (AvgIpc) is 2.47. The highest BCUT2D eigenvalue weighted by molar-refractivity contribution is 7.99. The third kappa shape index (κ3) is 3.58. The highest BCUT2D eigenvalue weighted by Gasteiger charge is 2.10. The van der Waals surface area contributed by atoms with Gasteiger partial charge in [0.05, 0.1) is 5.69 Å². The molecule has 1 amide bonds. The lowest BCUT2D eigenvalue weighted by atomic mass is 10.3. The lowest BCUT2D eigenvalue weighted by Gasteiger charge is -2.09. The molecule has 0 aliphatic carbocycles. The molecule has 0 unspecified atom stereocenters. The topological polar surface area (TPSA) is 74.8 Å². The number of benzene rings is 1. The molecule has 2 aromatic rings. The van der Waals surface area contributed by atoms with Crippen molar-refractivity contribution in [2.24, 2.45) is 0 Å². The van der Waals surface area contributed by atoms with Crippen LogP contribution in [0.15, 0.2) is 58.7 Å². The van der Waals surface area contributed by atoms with Crippen molar-refractivity contribution in [3.05, 3.63) is 65.1 Å². The summed E-state index contributed by atoms with van der Waals surface area (Å²) in [6.07, 6.45) is 1.80. The molecule has 2 N–H and O–H groups in total. The summed E-state index contributed by atoms with van der Waals surface area (Å²) < 4.78 is 0. The molecule has 1 aromatic carbocycles. The van der Waals surface area contributed by atoms with Gasteiger partial charge in [-0.2, -0.15) is 5.10 Å². The number of thioether (sulfide) groups is 1. The summed E-state index contributed by atoms with van der Waals surface area (Å²) in [7, 11) is 0. The van der Waals surface area contributed by atoms with Gasteiger partial charge in [0.2, 0.25) is 0 Å². The molecule has 1 aromatic heterocycles. The molecule has 102 valence electrons. The summed E-state index contributed by atoms with van der Waals surface area (Å²) in [5.74, 6) is 0.386. The molecule has 0 bridgehead atoms. The number of aromatic amines is 1. The third-order valence-electron chi connectivity index (χ3n) is 2.40. The van der Waals surface area contributed by atoms with Crippen LogP contribution in [0.3, 0.4) is 0 Å². The Morgan fingerprint density at radius 1 is 1.35 bits per heavy atom. The first-order valence-corrected chi connectivity index (χ1v) is 6.89. The Hall–Kier alpha value is -2.34. The van der Waals surface area contributed by atoms with E-state index in [0.717, 1.165) is 10.6 Å². The summed E-state index contributed by atoms with van der Waals surface area (Å²) in [6, 6.07) is 10.1. The standard InChI is InChI=1S/C14H13N3O2S/c1-2-9-20-12-6-4-3-5-10(12)15-14(19)11-7-8-13(18)17-16-11/h2-8H,1,9H2,(H,15,19)(H,17,18). The first-order chi connectivity index (χ1) is 9.70. The number of anilines is 1. The van der Waals surface area contributed by atoms with Crippen molar-refractivity contribution in [2.75, 3.05) is 11.1 Å². The zero-order valence-electron chi connectivity index (χ0n) is 10.6. The molecule has 0 fully saturated rings. The molecule has 0 spiro atoms. The van der Waals surface area contributed by atoms with Crippen molar-refractivity contribution in [3.63, 3.8) is 0 Å². The van der Waals surface area contributed by atoms with Crippen molar-refractivity contribution in [1.82, 2.24) is 10.2 Å². The van der Waals surface area contributed by atoms with Crippen molar-refractivity contribution in [3.8, 4) is 0 Å². The van der Waals surface area contributed by atoms with Gasteiger partial charge in [-0.25, -0.2) is 5.10 Å². The van der Waals surface area contributed by atoms with Gasteiger partial charge in [0.25, 0.3) is 11.5 Å². The Morgan fingerprint density at radius 3 is 2.85 bits per heavy atom. The molecule has 6 heteroatoms. The fourth-order valence-corrected chi connectivity index (χ4v) is 2.25. The van der Waals surface area contributed by atoms with E-state index in [1.807, 2.05) is 24.3 Å². The first-order valence-electron chi connectivity index (χ1n) is 5.90. The van der Waals surface area contributed by atoms with Crippen LogP contribution in [0.4, 0.5) is 5.69 Å². The van der Waals surface area contributed by atoms with E-state index >= 15 is 0 Å². The van der Waals surface area contributed by atoms with Crippen LogP contribution in [0, 0.1) is 0 Å². The van der Waals surface area contributed by atoms with Crippen LogP contribution in [0.25, 0.3) is 0 Å². The number of aromatic nitrogens is 2. The maximum Gasteiger partial charge on any atom is 0.276 e. The second kappa shape index (κ2) is 6.72. The molecule has 0 atom stereocenters. The number of nitrogens with one attached hydrogen (secondary N) is 2. The fourth-order valence-electron chi connectivity index (χ4n) is 1.50. The van der Waals surface area contributed by atoms with Crippen molar-refractivity contribution < 1.29 is 4.79 Å². The lowest BCUT2D eigenvalue weighted by molar-refractivity contribution is 0.102. The smallest absolute Gasteiger partial charge is 0.276 e. The Bertz CT molecular complexity index is 662. The first kappa shape index (κ1) is 14.1. The minimum absolute atomic E-state index is 0.160. The minimum Gasteiger partial charge on any atom is -0.320 e. The summed E-state index contributed by atoms with van der Waals surface area (Å²) in [5, 5.41) is 8.70. The SMILES string of the molecule is C=CCSc1ccccc1NC(=O)c1ccc(=O)[nH]n1. The molecule has 0 aliphatic heterocycles. The number of hydrogen-bond acceptors (Lipinski definition) is 4. The molecule has 0 radical (unpaired) electrons. The number of H-pyrrole nitrogens is 1. The predicted octanol–water partition coefficient (Wildman–Crippen LogP) is 2.30. The zero-order chi connectivity index (χ0) is 14.4. The van der Waals surface area contributed by atoms with Crippen LogP contribution in [0.1, 0.15) is 10.5 Å². The van der Waals surface area contributed by atoms with E-state index in [4.69, 9.17) is 0 Å². The van der Waals surface area contributed by atoms with E-state index in [2.05, 4.69) is 22.1 Å². The van der Waals surface area contributed by atoms with Crippen LogP contribution in [-0.4, -0.2) is 21.9 Å². The Kier molecular flexibility index (Phi) is 4.73. The predicted molar refractivity (Wildman–Crippen MR) is 80.2 cm³/mol. The zero-order valence-corrected chi connectivity index (χ0v) is 11.4. The second-order valence-corrected chi connectivity index (χ2v) is 4.92. The normalized spacial score (nSPS) is 10.0. The van der Waals surface area contributed by atoms with Gasteiger partial charge in [-0.15, -0.1) is 18.3 Å². The average molecular weight is 287 g/mol. The van der Waals surface area contributed by atoms with E-state index < -0.39 is 0 Å². The van der Waals surface area contributed by atoms with Crippen LogP contribution in [0.5, 0.6) is 0 Å². The molecule has 0 saturated heterocycles. The van der Waals surface area contributed by atoms with Gasteiger partial charge in [0, 0.05) is 16.7 Å². The molecule has 20 heavy (non-hydrogen) atoms. The van der Waals surface area contributed by atoms with Crippen LogP contribution in [0.2, 0.25) is 0 Å². The number of nitrogens with zero attached hydrogens (tertiary/aromatic N) is 1. The number of hydrogen-bond donors (Lipinski definition) is 2. The Balaban J connectivity index is 2.16. The maximum atomic E-state index is 12.0. The minimum atomic E-state index is -0.368. The third-order valence-corrected chi connectivity index (χ3v) is 3.47. The molecule has 1 heterocycles. The molecule has 5 nitrogen and oxygen atoms in total. The highest BCUT2D eigenvalue weighted by Crippen LogP contribution is 2.27. The van der Waals surface area contributed by atoms with Gasteiger partial charge in [-0.1, -0.05) is 18.2 Å². The quantitative estimate of drug-likeness (QED) is 0.653. The van der Waals surface area contributed by atoms with Gasteiger partial charge < -0.3 is 5.32 Å². The number of carbonyl (C=O) groups excluding carboxylic acids is 1. The van der Waals surface area contributed by atoms with Gasteiger partial charge in [-0.3, -0.25) is 9.59 Å². The number of carbonyl (C=O) groups is 1. The number of amides is 1. The molecular weight excluding hydrogens is 274 g/mol. The monoisotopic (exact) mass is 287 g/mol. The lowest BCUT2D eigenvalue weighted by Crippen LogP contribution is -2.17. The van der Waals surface area contributed by atoms with E-state index in [0.29, 0.717) is 5.69 Å². The fraction of sp³-hybridized carbons (Fsp3) is 0.0714. The molecule has 0 saturated carbocycles. The van der Waals surface area contributed by atoms with Gasteiger partial charge in [0.1, 0.15) is 5.69 Å². The van der Waals surface area contributed by atoms with Gasteiger partial charge in [-0.05, 0) is 18.2 Å². The van der Waals surface area contributed by atoms with Gasteiger partial charge >= 0.3 is 0 Å². The van der Waals surface area contributed by atoms with Crippen molar-refractivity contribution in [1.29, 1.82) is 0 Å². The van der Waals surface area contributed by atoms with Crippen molar-refractivity contribution >= 4 is 23.4 Å². The highest BCUT2D eigenvalue weighted by atomic mass is 32.2. The molecule has 0 aliphatic rings. The Morgan fingerprint density at radius 2 is 2.15 bits per heavy atom. The van der Waals surface area contributed by atoms with E-state index in [1.54, 1.807) is 17.8 Å². The summed E-state index contributed by atoms with van der Waals surface area (Å²) in [4.78, 5) is 23.9. The number of para-hydroxylation sites is 1. The van der Waals surface area contributed by atoms with E-state index in [-0.39, 0.29) is 17.2 Å².